The molecule has 0 bridgehead atoms. The third-order valence-corrected chi connectivity index (χ3v) is 4.62. The van der Waals surface area contributed by atoms with Crippen LogP contribution in [0.25, 0.3) is 0 Å². The van der Waals surface area contributed by atoms with E-state index in [-0.39, 0.29) is 0 Å². The predicted octanol–water partition coefficient (Wildman–Crippen LogP) is 1.84. The van der Waals surface area contributed by atoms with Gasteiger partial charge in [0.1, 0.15) is 0 Å². The second-order valence-corrected chi connectivity index (χ2v) is 7.25. The first-order valence-corrected chi connectivity index (χ1v) is 10.9. The molecule has 0 aliphatic carbocycles. The molecule has 31 heavy (non-hydrogen) atoms. The van der Waals surface area contributed by atoms with Crippen LogP contribution in [0.4, 0.5) is 5.69 Å². The number of guanidine groups is 1. The fraction of sp³-hybridized carbons (Fsp3) is 0.682. The molecule has 0 aromatic heterocycles. The van der Waals surface area contributed by atoms with Gasteiger partial charge in [-0.25, -0.2) is 0 Å². The molecule has 0 atom stereocenters. The summed E-state index contributed by atoms with van der Waals surface area (Å²) in [6.45, 7) is 7.12. The van der Waals surface area contributed by atoms with Crippen LogP contribution in [-0.4, -0.2) is 97.9 Å². The van der Waals surface area contributed by atoms with E-state index >= 15 is 0 Å². The van der Waals surface area contributed by atoms with Crippen LogP contribution in [0.15, 0.2) is 23.2 Å². The number of fused-ring (bicyclic) bond motifs is 1. The van der Waals surface area contributed by atoms with Crippen LogP contribution >= 0.6 is 0 Å². The summed E-state index contributed by atoms with van der Waals surface area (Å²) in [6, 6.07) is 5.86. The number of nitrogens with zero attached hydrogens (tertiary/aromatic N) is 2. The van der Waals surface area contributed by atoms with Gasteiger partial charge in [0.05, 0.1) is 33.0 Å². The van der Waals surface area contributed by atoms with Crippen molar-refractivity contribution in [2.45, 2.75) is 12.8 Å². The lowest BCUT2D eigenvalue weighted by Gasteiger charge is -2.18. The highest BCUT2D eigenvalue weighted by molar-refractivity contribution is 5.94. The van der Waals surface area contributed by atoms with E-state index in [4.69, 9.17) is 28.7 Å². The van der Waals surface area contributed by atoms with E-state index in [1.54, 1.807) is 14.2 Å². The minimum atomic E-state index is 0.606. The van der Waals surface area contributed by atoms with Crippen molar-refractivity contribution in [3.8, 4) is 11.5 Å². The number of ether oxygens (including phenoxy) is 5. The molecule has 0 fully saturated rings. The van der Waals surface area contributed by atoms with E-state index in [1.807, 2.05) is 18.2 Å². The van der Waals surface area contributed by atoms with Crippen molar-refractivity contribution >= 4 is 11.6 Å². The average Bonchev–Trinajstić information content (AvgIpc) is 3.02. The fourth-order valence-corrected chi connectivity index (χ4v) is 2.84. The maximum atomic E-state index is 5.80. The zero-order valence-electron chi connectivity index (χ0n) is 19.2. The van der Waals surface area contributed by atoms with E-state index < -0.39 is 0 Å². The van der Waals surface area contributed by atoms with Crippen LogP contribution in [0, 0.1) is 0 Å². The smallest absolute Gasteiger partial charge is 0.195 e. The quantitative estimate of drug-likeness (QED) is 0.259. The van der Waals surface area contributed by atoms with Crippen LogP contribution in [0.3, 0.4) is 0 Å². The van der Waals surface area contributed by atoms with Crippen molar-refractivity contribution in [1.82, 2.24) is 10.2 Å². The number of rotatable bonds is 14. The first-order valence-electron chi connectivity index (χ1n) is 10.9. The minimum Gasteiger partial charge on any atom is -0.490 e. The van der Waals surface area contributed by atoms with Crippen molar-refractivity contribution < 1.29 is 23.7 Å². The lowest BCUT2D eigenvalue weighted by atomic mass is 10.2. The Morgan fingerprint density at radius 3 is 2.65 bits per heavy atom. The Morgan fingerprint density at radius 2 is 1.84 bits per heavy atom. The van der Waals surface area contributed by atoms with Crippen LogP contribution in [0.5, 0.6) is 11.5 Å². The average molecular weight is 439 g/mol. The molecular formula is C22H38N4O5. The van der Waals surface area contributed by atoms with Crippen LogP contribution in [-0.2, 0) is 14.2 Å². The highest BCUT2D eigenvalue weighted by Gasteiger charge is 2.11. The molecule has 9 nitrogen and oxygen atoms in total. The number of nitrogens with one attached hydrogen (secondary N) is 2. The standard InChI is InChI=1S/C22H38N4O5/c1-26(11-15-27-2)10-9-24-22(23-8-4-12-29-17-16-28-3)25-19-6-7-20-21(18-19)31-14-5-13-30-20/h6-7,18H,4-5,8-17H2,1-3H3,(H2,23,24,25). The van der Waals surface area contributed by atoms with E-state index in [9.17, 15) is 0 Å². The number of aliphatic imine (C=N–C) groups is 1. The van der Waals surface area contributed by atoms with E-state index in [1.165, 1.54) is 0 Å². The zero-order chi connectivity index (χ0) is 22.2. The Bertz CT molecular complexity index is 644. The highest BCUT2D eigenvalue weighted by Crippen LogP contribution is 2.32. The Labute approximate surface area is 186 Å². The molecule has 2 rings (SSSR count). The molecule has 2 N–H and O–H groups in total. The number of benzene rings is 1. The first-order chi connectivity index (χ1) is 15.2. The summed E-state index contributed by atoms with van der Waals surface area (Å²) in [5.74, 6) is 2.27. The summed E-state index contributed by atoms with van der Waals surface area (Å²) in [5, 5.41) is 6.78. The number of hydrogen-bond acceptors (Lipinski definition) is 7. The summed E-state index contributed by atoms with van der Waals surface area (Å²) in [6.07, 6.45) is 1.72. The Morgan fingerprint density at radius 1 is 1.03 bits per heavy atom. The number of anilines is 1. The largest absolute Gasteiger partial charge is 0.490 e. The van der Waals surface area contributed by atoms with Gasteiger partial charge in [0.15, 0.2) is 17.5 Å². The van der Waals surface area contributed by atoms with Crippen LogP contribution in [0.1, 0.15) is 12.8 Å². The molecule has 1 aromatic rings. The van der Waals surface area contributed by atoms with E-state index in [0.29, 0.717) is 39.6 Å². The van der Waals surface area contributed by atoms with Crippen LogP contribution in [0.2, 0.25) is 0 Å². The number of hydrogen-bond donors (Lipinski definition) is 2. The summed E-state index contributed by atoms with van der Waals surface area (Å²) < 4.78 is 27.1. The van der Waals surface area contributed by atoms with Gasteiger partial charge in [-0.3, -0.25) is 4.99 Å². The normalized spacial score (nSPS) is 13.9. The highest BCUT2D eigenvalue weighted by atomic mass is 16.5. The van der Waals surface area contributed by atoms with Gasteiger partial charge in [0.2, 0.25) is 0 Å². The molecule has 1 aliphatic rings. The molecule has 0 saturated carbocycles. The molecule has 1 heterocycles. The Hall–Kier alpha value is -2.07. The topological polar surface area (TPSA) is 85.8 Å². The van der Waals surface area contributed by atoms with Gasteiger partial charge in [-0.2, -0.15) is 0 Å². The van der Waals surface area contributed by atoms with Crippen LogP contribution < -0.4 is 20.1 Å². The van der Waals surface area contributed by atoms with Gasteiger partial charge in [0.25, 0.3) is 0 Å². The molecule has 176 valence electrons. The third kappa shape index (κ3) is 10.7. The SMILES string of the molecule is COCCOCCCN=C(NCCN(C)CCOC)Nc1ccc2c(c1)OCCCO2. The maximum absolute atomic E-state index is 5.80. The van der Waals surface area contributed by atoms with Gasteiger partial charge in [-0.1, -0.05) is 0 Å². The minimum absolute atomic E-state index is 0.606. The Balaban J connectivity index is 1.89. The van der Waals surface area contributed by atoms with Gasteiger partial charge >= 0.3 is 0 Å². The molecule has 0 unspecified atom stereocenters. The number of likely N-dealkylation sites (N-methyl/N-ethyl adjacent to an activating group) is 1. The summed E-state index contributed by atoms with van der Waals surface area (Å²) in [7, 11) is 5.46. The van der Waals surface area contributed by atoms with Gasteiger partial charge in [-0.15, -0.1) is 0 Å². The second kappa shape index (κ2) is 15.7. The molecule has 1 aliphatic heterocycles. The van der Waals surface area contributed by atoms with E-state index in [0.717, 1.165) is 62.2 Å². The molecule has 0 radical (unpaired) electrons. The predicted molar refractivity (Wildman–Crippen MR) is 123 cm³/mol. The fourth-order valence-electron chi connectivity index (χ4n) is 2.84. The summed E-state index contributed by atoms with van der Waals surface area (Å²) >= 11 is 0. The monoisotopic (exact) mass is 438 g/mol. The molecule has 9 heteroatoms. The number of methoxy groups -OCH3 is 2. The van der Waals surface area contributed by atoms with E-state index in [2.05, 4.69) is 22.6 Å². The van der Waals surface area contributed by atoms with Gasteiger partial charge in [-0.05, 0) is 25.6 Å². The first kappa shape index (κ1) is 25.2. The molecule has 0 spiro atoms. The van der Waals surface area contributed by atoms with Crippen molar-refractivity contribution in [2.24, 2.45) is 4.99 Å². The molecule has 0 saturated heterocycles. The lowest BCUT2D eigenvalue weighted by Crippen LogP contribution is -2.37. The summed E-state index contributed by atoms with van der Waals surface area (Å²) in [4.78, 5) is 6.91. The summed E-state index contributed by atoms with van der Waals surface area (Å²) in [5.41, 5.74) is 0.902. The van der Waals surface area contributed by atoms with Gasteiger partial charge < -0.3 is 39.2 Å². The van der Waals surface area contributed by atoms with Crippen molar-refractivity contribution in [3.05, 3.63) is 18.2 Å². The lowest BCUT2D eigenvalue weighted by molar-refractivity contribution is 0.0702. The van der Waals surface area contributed by atoms with Crippen molar-refractivity contribution in [1.29, 1.82) is 0 Å². The molecule has 0 amide bonds. The Kier molecular flexibility index (Phi) is 12.8. The third-order valence-electron chi connectivity index (χ3n) is 4.62. The second-order valence-electron chi connectivity index (χ2n) is 7.25. The maximum Gasteiger partial charge on any atom is 0.195 e. The van der Waals surface area contributed by atoms with Crippen molar-refractivity contribution in [3.63, 3.8) is 0 Å². The molecule has 1 aromatic carbocycles. The zero-order valence-corrected chi connectivity index (χ0v) is 19.2. The van der Waals surface area contributed by atoms with Crippen molar-refractivity contribution in [2.75, 3.05) is 92.4 Å². The molecular weight excluding hydrogens is 400 g/mol. The van der Waals surface area contributed by atoms with Gasteiger partial charge in [0, 0.05) is 65.2 Å².